The molecule has 110 valence electrons. The van der Waals surface area contributed by atoms with E-state index in [9.17, 15) is 22.4 Å². The van der Waals surface area contributed by atoms with Crippen LogP contribution in [0.15, 0.2) is 30.9 Å². The number of halogens is 4. The fourth-order valence-corrected chi connectivity index (χ4v) is 1.88. The lowest BCUT2D eigenvalue weighted by Gasteiger charge is -2.12. The fourth-order valence-electron chi connectivity index (χ4n) is 1.88. The normalized spacial score (nSPS) is 11.4. The monoisotopic (exact) mass is 288 g/mol. The molecule has 1 rings (SSSR count). The van der Waals surface area contributed by atoms with Gasteiger partial charge in [0.05, 0.1) is 5.56 Å². The van der Waals surface area contributed by atoms with Gasteiger partial charge in [0.25, 0.3) is 0 Å². The number of alkyl halides is 3. The zero-order chi connectivity index (χ0) is 15.2. The molecule has 0 unspecified atom stereocenters. The van der Waals surface area contributed by atoms with Crippen molar-refractivity contribution in [3.63, 3.8) is 0 Å². The van der Waals surface area contributed by atoms with Gasteiger partial charge in [-0.05, 0) is 37.5 Å². The number of ketones is 1. The van der Waals surface area contributed by atoms with Crippen molar-refractivity contribution in [2.45, 2.75) is 38.3 Å². The second-order valence-electron chi connectivity index (χ2n) is 4.50. The van der Waals surface area contributed by atoms with Gasteiger partial charge in [0.2, 0.25) is 0 Å². The Morgan fingerprint density at radius 3 is 2.50 bits per heavy atom. The first-order valence-corrected chi connectivity index (χ1v) is 6.37. The molecule has 1 aromatic rings. The maximum Gasteiger partial charge on any atom is 0.417 e. The average Bonchev–Trinajstić information content (AvgIpc) is 2.36. The molecule has 0 fully saturated rings. The summed E-state index contributed by atoms with van der Waals surface area (Å²) in [7, 11) is 0. The quantitative estimate of drug-likeness (QED) is 0.293. The van der Waals surface area contributed by atoms with Crippen molar-refractivity contribution in [3.8, 4) is 0 Å². The number of benzene rings is 1. The lowest BCUT2D eigenvalue weighted by atomic mass is 9.98. The van der Waals surface area contributed by atoms with Gasteiger partial charge in [0, 0.05) is 12.0 Å². The molecule has 0 aliphatic heterocycles. The van der Waals surface area contributed by atoms with Crippen molar-refractivity contribution >= 4 is 5.78 Å². The van der Waals surface area contributed by atoms with E-state index in [0.717, 1.165) is 19.3 Å². The minimum atomic E-state index is -4.65. The van der Waals surface area contributed by atoms with E-state index in [1.165, 1.54) is 0 Å². The maximum absolute atomic E-state index is 13.1. The van der Waals surface area contributed by atoms with E-state index in [2.05, 4.69) is 6.58 Å². The molecular weight excluding hydrogens is 272 g/mol. The molecule has 0 aliphatic rings. The molecule has 0 saturated heterocycles. The van der Waals surface area contributed by atoms with Crippen LogP contribution < -0.4 is 0 Å². The standard InChI is InChI=1S/C15H16F4O/c1-2-3-4-5-6-7-14(20)12-10-11(16)8-9-13(12)15(17,18)19/h2,8-10H,1,3-7H2. The predicted molar refractivity (Wildman–Crippen MR) is 69.0 cm³/mol. The SMILES string of the molecule is C=CCCCCCC(=O)c1cc(F)ccc1C(F)(F)F. The van der Waals surface area contributed by atoms with Gasteiger partial charge in [-0.25, -0.2) is 4.39 Å². The fraction of sp³-hybridized carbons (Fsp3) is 0.400. The van der Waals surface area contributed by atoms with Gasteiger partial charge in [-0.3, -0.25) is 4.79 Å². The number of allylic oxidation sites excluding steroid dienone is 1. The van der Waals surface area contributed by atoms with Crippen molar-refractivity contribution in [2.24, 2.45) is 0 Å². The van der Waals surface area contributed by atoms with Gasteiger partial charge in [-0.15, -0.1) is 6.58 Å². The van der Waals surface area contributed by atoms with Crippen molar-refractivity contribution < 1.29 is 22.4 Å². The first-order valence-electron chi connectivity index (χ1n) is 6.37. The Hall–Kier alpha value is -1.65. The summed E-state index contributed by atoms with van der Waals surface area (Å²) in [6.45, 7) is 3.56. The van der Waals surface area contributed by atoms with Crippen LogP contribution in [-0.4, -0.2) is 5.78 Å². The number of hydrogen-bond acceptors (Lipinski definition) is 1. The lowest BCUT2D eigenvalue weighted by molar-refractivity contribution is -0.137. The maximum atomic E-state index is 13.1. The second kappa shape index (κ2) is 7.22. The van der Waals surface area contributed by atoms with Gasteiger partial charge in [0.15, 0.2) is 5.78 Å². The van der Waals surface area contributed by atoms with E-state index in [0.29, 0.717) is 24.6 Å². The van der Waals surface area contributed by atoms with Crippen LogP contribution in [0.25, 0.3) is 0 Å². The third-order valence-corrected chi connectivity index (χ3v) is 2.90. The number of hydrogen-bond donors (Lipinski definition) is 0. The molecule has 0 amide bonds. The Kier molecular flexibility index (Phi) is 5.92. The molecule has 1 aromatic carbocycles. The summed E-state index contributed by atoms with van der Waals surface area (Å²) in [6, 6.07) is 1.98. The first-order chi connectivity index (χ1) is 9.36. The van der Waals surface area contributed by atoms with Crippen molar-refractivity contribution in [2.75, 3.05) is 0 Å². The second-order valence-corrected chi connectivity index (χ2v) is 4.50. The number of carbonyl (C=O) groups is 1. The zero-order valence-electron chi connectivity index (χ0n) is 11.0. The van der Waals surface area contributed by atoms with Crippen LogP contribution in [0.3, 0.4) is 0 Å². The summed E-state index contributed by atoms with van der Waals surface area (Å²) in [5.41, 5.74) is -1.66. The highest BCUT2D eigenvalue weighted by Gasteiger charge is 2.35. The predicted octanol–water partition coefficient (Wildman–Crippen LogP) is 5.16. The molecule has 0 heterocycles. The summed E-state index contributed by atoms with van der Waals surface area (Å²) < 4.78 is 51.3. The van der Waals surface area contributed by atoms with E-state index < -0.39 is 28.9 Å². The molecular formula is C15H16F4O. The van der Waals surface area contributed by atoms with Crippen LogP contribution in [0.2, 0.25) is 0 Å². The Morgan fingerprint density at radius 2 is 1.90 bits per heavy atom. The summed E-state index contributed by atoms with van der Waals surface area (Å²) in [5.74, 6) is -1.51. The highest BCUT2D eigenvalue weighted by atomic mass is 19.4. The van der Waals surface area contributed by atoms with Crippen LogP contribution in [0.5, 0.6) is 0 Å². The smallest absolute Gasteiger partial charge is 0.294 e. The van der Waals surface area contributed by atoms with Crippen LogP contribution in [0, 0.1) is 5.82 Å². The molecule has 0 saturated carbocycles. The van der Waals surface area contributed by atoms with Crippen molar-refractivity contribution in [3.05, 3.63) is 47.8 Å². The number of unbranched alkanes of at least 4 members (excludes halogenated alkanes) is 3. The number of carbonyl (C=O) groups excluding carboxylic acids is 1. The van der Waals surface area contributed by atoms with E-state index in [-0.39, 0.29) is 6.42 Å². The Bertz CT molecular complexity index is 477. The first kappa shape index (κ1) is 16.4. The molecule has 5 heteroatoms. The molecule has 0 aromatic heterocycles. The summed E-state index contributed by atoms with van der Waals surface area (Å²) in [6.07, 6.45) is -0.0513. The van der Waals surface area contributed by atoms with Gasteiger partial charge in [-0.2, -0.15) is 13.2 Å². The van der Waals surface area contributed by atoms with E-state index in [1.54, 1.807) is 6.08 Å². The minimum absolute atomic E-state index is 0.0102. The van der Waals surface area contributed by atoms with Crippen molar-refractivity contribution in [1.82, 2.24) is 0 Å². The largest absolute Gasteiger partial charge is 0.417 e. The molecule has 0 bridgehead atoms. The third-order valence-electron chi connectivity index (χ3n) is 2.90. The number of rotatable bonds is 7. The molecule has 0 radical (unpaired) electrons. The lowest BCUT2D eigenvalue weighted by Crippen LogP contribution is -2.13. The third kappa shape index (κ3) is 4.79. The highest BCUT2D eigenvalue weighted by Crippen LogP contribution is 2.33. The molecule has 1 nitrogen and oxygen atoms in total. The van der Waals surface area contributed by atoms with E-state index >= 15 is 0 Å². The van der Waals surface area contributed by atoms with E-state index in [1.807, 2.05) is 0 Å². The highest BCUT2D eigenvalue weighted by molar-refractivity contribution is 5.97. The van der Waals surface area contributed by atoms with Gasteiger partial charge >= 0.3 is 6.18 Å². The van der Waals surface area contributed by atoms with Gasteiger partial charge in [-0.1, -0.05) is 12.5 Å². The Labute approximate surface area is 115 Å². The molecule has 20 heavy (non-hydrogen) atoms. The van der Waals surface area contributed by atoms with Crippen LogP contribution in [0.4, 0.5) is 17.6 Å². The van der Waals surface area contributed by atoms with Crippen LogP contribution in [-0.2, 0) is 6.18 Å². The molecule has 0 N–H and O–H groups in total. The van der Waals surface area contributed by atoms with Crippen LogP contribution in [0.1, 0.15) is 48.0 Å². The van der Waals surface area contributed by atoms with E-state index in [4.69, 9.17) is 0 Å². The van der Waals surface area contributed by atoms with Gasteiger partial charge < -0.3 is 0 Å². The zero-order valence-corrected chi connectivity index (χ0v) is 11.0. The van der Waals surface area contributed by atoms with Gasteiger partial charge in [0.1, 0.15) is 5.82 Å². The summed E-state index contributed by atoms with van der Waals surface area (Å²) in [5, 5.41) is 0. The summed E-state index contributed by atoms with van der Waals surface area (Å²) >= 11 is 0. The minimum Gasteiger partial charge on any atom is -0.294 e. The van der Waals surface area contributed by atoms with Crippen LogP contribution >= 0.6 is 0 Å². The van der Waals surface area contributed by atoms with Crippen molar-refractivity contribution in [1.29, 1.82) is 0 Å². The molecule has 0 aliphatic carbocycles. The Balaban J connectivity index is 2.76. The average molecular weight is 288 g/mol. The number of Topliss-reactive ketones (excluding diaryl/α,β-unsaturated/α-hetero) is 1. The summed E-state index contributed by atoms with van der Waals surface area (Å²) in [4.78, 5) is 11.8. The molecule has 0 atom stereocenters. The topological polar surface area (TPSA) is 17.1 Å². The molecule has 0 spiro atoms. The Morgan fingerprint density at radius 1 is 1.20 bits per heavy atom.